The van der Waals surface area contributed by atoms with E-state index in [4.69, 9.17) is 4.52 Å². The van der Waals surface area contributed by atoms with Crippen molar-refractivity contribution in [1.82, 2.24) is 9.88 Å². The van der Waals surface area contributed by atoms with Crippen LogP contribution in [-0.2, 0) is 27.8 Å². The van der Waals surface area contributed by atoms with Crippen molar-refractivity contribution in [3.8, 4) is 11.1 Å². The Balaban J connectivity index is 1.96. The summed E-state index contributed by atoms with van der Waals surface area (Å²) in [5, 5.41) is 6.62. The first-order chi connectivity index (χ1) is 14.2. The Kier molecular flexibility index (Phi) is 6.38. The number of hydrogen-bond acceptors (Lipinski definition) is 5. The van der Waals surface area contributed by atoms with Gasteiger partial charge in [0.2, 0.25) is 21.8 Å². The molecule has 8 heteroatoms. The first-order valence-corrected chi connectivity index (χ1v) is 11.1. The third-order valence-corrected chi connectivity index (χ3v) is 6.28. The summed E-state index contributed by atoms with van der Waals surface area (Å²) in [4.78, 5) is 11.7. The number of carbonyl (C=O) groups excluding carboxylic acids is 1. The van der Waals surface area contributed by atoms with Gasteiger partial charge in [-0.05, 0) is 43.0 Å². The Hall–Kier alpha value is -2.97. The monoisotopic (exact) mass is 427 g/mol. The lowest BCUT2D eigenvalue weighted by Gasteiger charge is -2.12. The Bertz CT molecular complexity index is 1170. The Morgan fingerprint density at radius 1 is 1.10 bits per heavy atom. The second-order valence-corrected chi connectivity index (χ2v) is 8.89. The van der Waals surface area contributed by atoms with Gasteiger partial charge in [0.25, 0.3) is 0 Å². The van der Waals surface area contributed by atoms with Crippen LogP contribution >= 0.6 is 0 Å². The highest BCUT2D eigenvalue weighted by molar-refractivity contribution is 7.89. The molecule has 0 saturated carbocycles. The summed E-state index contributed by atoms with van der Waals surface area (Å²) >= 11 is 0. The Morgan fingerprint density at radius 2 is 1.80 bits per heavy atom. The van der Waals surface area contributed by atoms with Gasteiger partial charge in [0, 0.05) is 13.5 Å². The van der Waals surface area contributed by atoms with Crippen molar-refractivity contribution in [3.05, 3.63) is 64.8 Å². The fraction of sp³-hybridized carbons (Fsp3) is 0.273. The molecule has 0 fully saturated rings. The van der Waals surface area contributed by atoms with Gasteiger partial charge in [-0.15, -0.1) is 0 Å². The zero-order valence-corrected chi connectivity index (χ0v) is 18.3. The number of carbonyl (C=O) groups is 1. The molecule has 2 aromatic carbocycles. The molecule has 1 amide bonds. The smallest absolute Gasteiger partial charge is 0.241 e. The average Bonchev–Trinajstić information content (AvgIpc) is 3.09. The predicted octanol–water partition coefficient (Wildman–Crippen LogP) is 3.96. The van der Waals surface area contributed by atoms with Crippen molar-refractivity contribution in [1.29, 1.82) is 0 Å². The molecule has 1 heterocycles. The number of nitrogens with one attached hydrogen (secondary N) is 2. The van der Waals surface area contributed by atoms with Gasteiger partial charge in [-0.2, -0.15) is 0 Å². The van der Waals surface area contributed by atoms with Gasteiger partial charge in [-0.25, -0.2) is 13.1 Å². The van der Waals surface area contributed by atoms with E-state index in [0.717, 1.165) is 11.1 Å². The summed E-state index contributed by atoms with van der Waals surface area (Å²) in [6.07, 6.45) is 0.569. The molecule has 7 nitrogen and oxygen atoms in total. The molecule has 158 valence electrons. The third kappa shape index (κ3) is 4.77. The molecule has 2 N–H and O–H groups in total. The lowest BCUT2D eigenvalue weighted by atomic mass is 10.0. The summed E-state index contributed by atoms with van der Waals surface area (Å²) < 4.78 is 34.0. The molecular weight excluding hydrogens is 402 g/mol. The fourth-order valence-electron chi connectivity index (χ4n) is 3.11. The quantitative estimate of drug-likeness (QED) is 0.594. The molecule has 3 aromatic rings. The number of aromatic nitrogens is 1. The van der Waals surface area contributed by atoms with Crippen LogP contribution in [0.15, 0.2) is 51.9 Å². The van der Waals surface area contributed by atoms with Crippen LogP contribution in [0.1, 0.15) is 36.2 Å². The summed E-state index contributed by atoms with van der Waals surface area (Å²) in [5.41, 5.74) is 4.43. The van der Waals surface area contributed by atoms with Crippen LogP contribution in [0.2, 0.25) is 0 Å². The van der Waals surface area contributed by atoms with E-state index in [1.54, 1.807) is 25.1 Å². The molecule has 0 radical (unpaired) electrons. The van der Waals surface area contributed by atoms with Gasteiger partial charge < -0.3 is 4.52 Å². The van der Waals surface area contributed by atoms with Gasteiger partial charge in [0.15, 0.2) is 0 Å². The molecule has 1 aromatic heterocycles. The molecule has 0 aliphatic heterocycles. The maximum absolute atomic E-state index is 13.0. The van der Waals surface area contributed by atoms with E-state index in [1.807, 2.05) is 38.1 Å². The van der Waals surface area contributed by atoms with Gasteiger partial charge in [-0.3, -0.25) is 10.1 Å². The number of nitrogens with zero attached hydrogens (tertiary/aromatic N) is 1. The van der Waals surface area contributed by atoms with Crippen molar-refractivity contribution >= 4 is 21.8 Å². The fourth-order valence-corrected chi connectivity index (χ4v) is 4.40. The SMILES string of the molecule is CCc1noc(NC(C)=O)c1-c1ccc(C)c(S(=O)(=O)NCc2ccc(C)cc2)c1. The van der Waals surface area contributed by atoms with Gasteiger partial charge in [0.1, 0.15) is 0 Å². The number of benzene rings is 2. The predicted molar refractivity (Wildman–Crippen MR) is 116 cm³/mol. The van der Waals surface area contributed by atoms with E-state index >= 15 is 0 Å². The first-order valence-electron chi connectivity index (χ1n) is 9.63. The lowest BCUT2D eigenvalue weighted by molar-refractivity contribution is -0.114. The summed E-state index contributed by atoms with van der Waals surface area (Å²) in [6, 6.07) is 12.8. The van der Waals surface area contributed by atoms with E-state index in [2.05, 4.69) is 15.2 Å². The van der Waals surface area contributed by atoms with Crippen LogP contribution in [-0.4, -0.2) is 19.5 Å². The average molecular weight is 428 g/mol. The maximum atomic E-state index is 13.0. The van der Waals surface area contributed by atoms with E-state index < -0.39 is 10.0 Å². The second kappa shape index (κ2) is 8.81. The second-order valence-electron chi connectivity index (χ2n) is 7.16. The molecule has 30 heavy (non-hydrogen) atoms. The number of aryl methyl sites for hydroxylation is 3. The van der Waals surface area contributed by atoms with Crippen molar-refractivity contribution in [2.75, 3.05) is 5.32 Å². The largest absolute Gasteiger partial charge is 0.337 e. The highest BCUT2D eigenvalue weighted by Crippen LogP contribution is 2.34. The van der Waals surface area contributed by atoms with Crippen LogP contribution in [0.5, 0.6) is 0 Å². The zero-order chi connectivity index (χ0) is 21.9. The molecular formula is C22H25N3O4S. The molecule has 0 aliphatic carbocycles. The Labute approximate surface area is 176 Å². The Morgan fingerprint density at radius 3 is 2.43 bits per heavy atom. The van der Waals surface area contributed by atoms with Crippen LogP contribution in [0.25, 0.3) is 11.1 Å². The topological polar surface area (TPSA) is 101 Å². The van der Waals surface area contributed by atoms with Crippen molar-refractivity contribution < 1.29 is 17.7 Å². The zero-order valence-electron chi connectivity index (χ0n) is 17.4. The minimum absolute atomic E-state index is 0.170. The first kappa shape index (κ1) is 21.7. The number of anilines is 1. The standard InChI is InChI=1S/C22H25N3O4S/c1-5-19-21(22(29-25-19)24-16(4)26)18-11-8-15(3)20(12-18)30(27,28)23-13-17-9-6-14(2)7-10-17/h6-12,23H,5,13H2,1-4H3,(H,24,26). The minimum atomic E-state index is -3.76. The number of amides is 1. The summed E-state index contributed by atoms with van der Waals surface area (Å²) in [5.74, 6) is -0.0889. The molecule has 0 atom stereocenters. The summed E-state index contributed by atoms with van der Waals surface area (Å²) in [7, 11) is -3.76. The van der Waals surface area contributed by atoms with Gasteiger partial charge in [-0.1, -0.05) is 54.0 Å². The van der Waals surface area contributed by atoms with E-state index in [9.17, 15) is 13.2 Å². The lowest BCUT2D eigenvalue weighted by Crippen LogP contribution is -2.24. The van der Waals surface area contributed by atoms with Crippen LogP contribution in [0, 0.1) is 13.8 Å². The van der Waals surface area contributed by atoms with Crippen molar-refractivity contribution in [2.24, 2.45) is 0 Å². The van der Waals surface area contributed by atoms with Gasteiger partial charge in [0.05, 0.1) is 16.2 Å². The minimum Gasteiger partial charge on any atom is -0.337 e. The van der Waals surface area contributed by atoms with Crippen LogP contribution < -0.4 is 10.0 Å². The molecule has 0 bridgehead atoms. The highest BCUT2D eigenvalue weighted by Gasteiger charge is 2.22. The summed E-state index contributed by atoms with van der Waals surface area (Å²) in [6.45, 7) is 7.20. The molecule has 0 unspecified atom stereocenters. The van der Waals surface area contributed by atoms with E-state index in [-0.39, 0.29) is 23.2 Å². The van der Waals surface area contributed by atoms with Crippen LogP contribution in [0.4, 0.5) is 5.88 Å². The van der Waals surface area contributed by atoms with E-state index in [1.165, 1.54) is 6.92 Å². The van der Waals surface area contributed by atoms with Gasteiger partial charge >= 0.3 is 0 Å². The van der Waals surface area contributed by atoms with Crippen LogP contribution in [0.3, 0.4) is 0 Å². The normalized spacial score (nSPS) is 11.5. The number of sulfonamides is 1. The molecule has 0 aliphatic rings. The molecule has 0 spiro atoms. The maximum Gasteiger partial charge on any atom is 0.241 e. The van der Waals surface area contributed by atoms with Crippen molar-refractivity contribution in [3.63, 3.8) is 0 Å². The number of rotatable bonds is 7. The number of hydrogen-bond donors (Lipinski definition) is 2. The molecule has 3 rings (SSSR count). The van der Waals surface area contributed by atoms with E-state index in [0.29, 0.717) is 28.8 Å². The molecule has 0 saturated heterocycles. The van der Waals surface area contributed by atoms with Crippen molar-refractivity contribution in [2.45, 2.75) is 45.6 Å². The third-order valence-electron chi connectivity index (χ3n) is 4.74. The highest BCUT2D eigenvalue weighted by atomic mass is 32.2.